The minimum atomic E-state index is -0.803. The molecule has 0 amide bonds. The Labute approximate surface area is 493 Å². The van der Waals surface area contributed by atoms with Crippen molar-refractivity contribution in [2.24, 2.45) is 0 Å². The lowest BCUT2D eigenvalue weighted by Gasteiger charge is -2.18. The molecule has 0 aromatic carbocycles. The van der Waals surface area contributed by atoms with E-state index in [4.69, 9.17) is 14.2 Å². The van der Waals surface area contributed by atoms with Gasteiger partial charge in [-0.1, -0.05) is 289 Å². The highest BCUT2D eigenvalue weighted by atomic mass is 16.6. The number of carbonyl (C=O) groups is 3. The highest BCUT2D eigenvalue weighted by Gasteiger charge is 2.19. The summed E-state index contributed by atoms with van der Waals surface area (Å²) < 4.78 is 16.9. The Bertz CT molecular complexity index is 1750. The summed E-state index contributed by atoms with van der Waals surface area (Å²) in [7, 11) is 0. The van der Waals surface area contributed by atoms with Crippen LogP contribution >= 0.6 is 0 Å². The van der Waals surface area contributed by atoms with Crippen LogP contribution in [0.25, 0.3) is 0 Å². The highest BCUT2D eigenvalue weighted by molar-refractivity contribution is 5.71. The normalized spacial score (nSPS) is 13.1. The summed E-state index contributed by atoms with van der Waals surface area (Å²) >= 11 is 0. The van der Waals surface area contributed by atoms with E-state index in [0.29, 0.717) is 19.3 Å². The first-order valence-electron chi connectivity index (χ1n) is 32.8. The Morgan fingerprint density at radius 3 is 0.762 bits per heavy atom. The van der Waals surface area contributed by atoms with Gasteiger partial charge in [0.2, 0.25) is 0 Å². The molecular weight excluding hydrogens is 985 g/mol. The summed E-state index contributed by atoms with van der Waals surface area (Å²) in [4.78, 5) is 38.4. The fourth-order valence-electron chi connectivity index (χ4n) is 8.74. The maximum atomic E-state index is 12.9. The quantitative estimate of drug-likeness (QED) is 0.0261. The van der Waals surface area contributed by atoms with E-state index in [9.17, 15) is 14.4 Å². The van der Waals surface area contributed by atoms with E-state index in [1.54, 1.807) is 0 Å². The van der Waals surface area contributed by atoms with Crippen LogP contribution in [0.15, 0.2) is 146 Å². The predicted molar refractivity (Wildman–Crippen MR) is 348 cm³/mol. The summed E-state index contributed by atoms with van der Waals surface area (Å²) in [5, 5.41) is 0. The highest BCUT2D eigenvalue weighted by Crippen LogP contribution is 2.15. The van der Waals surface area contributed by atoms with Crippen molar-refractivity contribution in [3.63, 3.8) is 0 Å². The summed E-state index contributed by atoms with van der Waals surface area (Å²) in [5.74, 6) is -0.931. The lowest BCUT2D eigenvalue weighted by Crippen LogP contribution is -2.30. The second-order valence-corrected chi connectivity index (χ2v) is 21.3. The van der Waals surface area contributed by atoms with Gasteiger partial charge in [-0.2, -0.15) is 0 Å². The molecule has 80 heavy (non-hydrogen) atoms. The Balaban J connectivity index is 4.45. The van der Waals surface area contributed by atoms with Crippen molar-refractivity contribution in [2.45, 2.75) is 290 Å². The molecule has 0 rings (SSSR count). The zero-order valence-corrected chi connectivity index (χ0v) is 51.8. The third kappa shape index (κ3) is 64.1. The van der Waals surface area contributed by atoms with E-state index in [1.165, 1.54) is 70.6 Å². The lowest BCUT2D eigenvalue weighted by atomic mass is 10.0. The van der Waals surface area contributed by atoms with Crippen molar-refractivity contribution >= 4 is 17.9 Å². The number of allylic oxidation sites excluding steroid dienone is 24. The zero-order valence-electron chi connectivity index (χ0n) is 51.8. The van der Waals surface area contributed by atoms with Gasteiger partial charge in [-0.05, 0) is 122 Å². The SMILES string of the molecule is CC/C=C\C/C=C\C/C=C\C/C=C\C/C=C\C/C=C\C/C=C\CCCCCCCC(=O)OCC(COC(=O)CCCCCCCCCCCCCCCC)OC(=O)CCCCCCC/C=C\C/C=C\C/C=C\C/C=C\C/C=C\CC. The number of ether oxygens (including phenoxy) is 3. The fourth-order valence-corrected chi connectivity index (χ4v) is 8.74. The molecule has 1 unspecified atom stereocenters. The van der Waals surface area contributed by atoms with Crippen LogP contribution in [0.3, 0.4) is 0 Å². The van der Waals surface area contributed by atoms with E-state index in [1.807, 2.05) is 0 Å². The Hall–Kier alpha value is -4.71. The van der Waals surface area contributed by atoms with Gasteiger partial charge in [0.05, 0.1) is 0 Å². The van der Waals surface area contributed by atoms with Gasteiger partial charge in [0.1, 0.15) is 13.2 Å². The molecule has 0 heterocycles. The van der Waals surface area contributed by atoms with Crippen LogP contribution in [0, 0.1) is 0 Å². The molecule has 6 heteroatoms. The van der Waals surface area contributed by atoms with E-state index < -0.39 is 6.10 Å². The van der Waals surface area contributed by atoms with Gasteiger partial charge in [0.25, 0.3) is 0 Å². The number of carbonyl (C=O) groups excluding carboxylic acids is 3. The van der Waals surface area contributed by atoms with Gasteiger partial charge in [0.15, 0.2) is 6.10 Å². The van der Waals surface area contributed by atoms with Crippen molar-refractivity contribution in [3.8, 4) is 0 Å². The van der Waals surface area contributed by atoms with Crippen LogP contribution in [-0.2, 0) is 28.6 Å². The first kappa shape index (κ1) is 75.3. The smallest absolute Gasteiger partial charge is 0.306 e. The predicted octanol–water partition coefficient (Wildman–Crippen LogP) is 22.7. The standard InChI is InChI=1S/C74H120O6/c1-4-7-10-13-16-19-22-25-28-30-32-34-35-36-37-38-39-41-42-44-46-49-52-55-58-61-64-67-73(76)79-70-71(69-78-72(75)66-63-60-57-54-51-48-27-24-21-18-15-12-9-6-3)80-74(77)68-65-62-59-56-53-50-47-45-43-40-33-31-29-26-23-20-17-14-11-8-5-2/h7-8,10-11,16-17,19-20,25-26,28-29,32-34,36-37,39-41,44-47,71H,4-6,9,12-15,18,21-24,27,30-31,35,38,42-43,48-70H2,1-3H3/b10-7-,11-8-,19-16-,20-17-,28-25-,29-26-,34-32-,37-36-,40-33-,41-39-,46-44-,47-45-. The summed E-state index contributed by atoms with van der Waals surface area (Å²) in [6.07, 6.45) is 95.6. The molecule has 0 aliphatic rings. The van der Waals surface area contributed by atoms with Crippen molar-refractivity contribution in [2.75, 3.05) is 13.2 Å². The maximum Gasteiger partial charge on any atom is 0.306 e. The molecule has 0 bridgehead atoms. The molecule has 0 aromatic heterocycles. The number of rotatable bonds is 58. The Morgan fingerprint density at radius 1 is 0.263 bits per heavy atom. The van der Waals surface area contributed by atoms with E-state index >= 15 is 0 Å². The van der Waals surface area contributed by atoms with Gasteiger partial charge in [-0.25, -0.2) is 0 Å². The van der Waals surface area contributed by atoms with Gasteiger partial charge in [-0.3, -0.25) is 14.4 Å². The average molecular weight is 1110 g/mol. The van der Waals surface area contributed by atoms with Crippen LogP contribution in [0.2, 0.25) is 0 Å². The summed E-state index contributed by atoms with van der Waals surface area (Å²) in [6.45, 7) is 6.39. The van der Waals surface area contributed by atoms with Crippen LogP contribution < -0.4 is 0 Å². The Morgan fingerprint density at radius 2 is 0.487 bits per heavy atom. The monoisotopic (exact) mass is 1100 g/mol. The largest absolute Gasteiger partial charge is 0.462 e. The zero-order chi connectivity index (χ0) is 57.8. The Kier molecular flexibility index (Phi) is 62.9. The molecule has 0 N–H and O–H groups in total. The third-order valence-electron chi connectivity index (χ3n) is 13.6. The van der Waals surface area contributed by atoms with E-state index in [0.717, 1.165) is 173 Å². The second kappa shape index (κ2) is 66.8. The van der Waals surface area contributed by atoms with Crippen molar-refractivity contribution in [1.82, 2.24) is 0 Å². The average Bonchev–Trinajstić information content (AvgIpc) is 3.46. The minimum absolute atomic E-state index is 0.0951. The number of esters is 3. The first-order valence-corrected chi connectivity index (χ1v) is 32.8. The topological polar surface area (TPSA) is 78.9 Å². The maximum absolute atomic E-state index is 12.9. The van der Waals surface area contributed by atoms with Crippen molar-refractivity contribution in [3.05, 3.63) is 146 Å². The molecule has 452 valence electrons. The molecule has 0 fully saturated rings. The number of hydrogen-bond donors (Lipinski definition) is 0. The van der Waals surface area contributed by atoms with Crippen molar-refractivity contribution < 1.29 is 28.6 Å². The number of hydrogen-bond acceptors (Lipinski definition) is 6. The molecule has 0 aromatic rings. The van der Waals surface area contributed by atoms with Crippen LogP contribution in [0.4, 0.5) is 0 Å². The molecule has 0 saturated carbocycles. The van der Waals surface area contributed by atoms with Gasteiger partial charge >= 0.3 is 17.9 Å². The number of unbranched alkanes of at least 4 members (excludes halogenated alkanes) is 23. The summed E-state index contributed by atoms with van der Waals surface area (Å²) in [5.41, 5.74) is 0. The van der Waals surface area contributed by atoms with Crippen LogP contribution in [-0.4, -0.2) is 37.2 Å². The molecule has 0 spiro atoms. The van der Waals surface area contributed by atoms with Crippen molar-refractivity contribution in [1.29, 1.82) is 0 Å². The third-order valence-corrected chi connectivity index (χ3v) is 13.6. The second-order valence-electron chi connectivity index (χ2n) is 21.3. The van der Waals surface area contributed by atoms with E-state index in [-0.39, 0.29) is 31.1 Å². The summed E-state index contributed by atoms with van der Waals surface area (Å²) in [6, 6.07) is 0. The van der Waals surface area contributed by atoms with Gasteiger partial charge in [0, 0.05) is 19.3 Å². The molecule has 1 atom stereocenters. The van der Waals surface area contributed by atoms with Gasteiger partial charge in [-0.15, -0.1) is 0 Å². The molecular formula is C74H120O6. The van der Waals surface area contributed by atoms with Crippen LogP contribution in [0.1, 0.15) is 284 Å². The van der Waals surface area contributed by atoms with Gasteiger partial charge < -0.3 is 14.2 Å². The fraction of sp³-hybridized carbons (Fsp3) is 0.635. The molecule has 6 nitrogen and oxygen atoms in total. The van der Waals surface area contributed by atoms with Crippen LogP contribution in [0.5, 0.6) is 0 Å². The molecule has 0 saturated heterocycles. The molecule has 0 radical (unpaired) electrons. The lowest BCUT2D eigenvalue weighted by molar-refractivity contribution is -0.167. The minimum Gasteiger partial charge on any atom is -0.462 e. The molecule has 0 aliphatic carbocycles. The first-order chi connectivity index (χ1) is 39.5. The van der Waals surface area contributed by atoms with E-state index in [2.05, 4.69) is 167 Å². The molecule has 0 aliphatic heterocycles.